The van der Waals surface area contributed by atoms with Crippen molar-refractivity contribution in [1.82, 2.24) is 0 Å². The van der Waals surface area contributed by atoms with E-state index in [1.54, 1.807) is 12.1 Å². The minimum atomic E-state index is 0.0688. The number of carbonyl (C=O) groups is 1. The highest BCUT2D eigenvalue weighted by atomic mass is 35.5. The number of hydrogen-bond acceptors (Lipinski definition) is 2. The molecule has 1 aromatic carbocycles. The highest BCUT2D eigenvalue weighted by Crippen LogP contribution is 2.21. The van der Waals surface area contributed by atoms with E-state index in [0.717, 1.165) is 5.56 Å². The maximum absolute atomic E-state index is 9.97. The Kier molecular flexibility index (Phi) is 3.11. The molecule has 2 nitrogen and oxygen atoms in total. The predicted molar refractivity (Wildman–Crippen MR) is 47.7 cm³/mol. The molecule has 0 bridgehead atoms. The first-order valence-corrected chi connectivity index (χ1v) is 3.94. The number of ether oxygens (including phenoxy) is 1. The second kappa shape index (κ2) is 4.12. The molecule has 0 saturated carbocycles. The van der Waals surface area contributed by atoms with E-state index < -0.39 is 0 Å². The highest BCUT2D eigenvalue weighted by Gasteiger charge is 1.97. The zero-order chi connectivity index (χ0) is 8.97. The van der Waals surface area contributed by atoms with Gasteiger partial charge in [-0.15, -0.1) is 0 Å². The van der Waals surface area contributed by atoms with Gasteiger partial charge in [-0.3, -0.25) is 4.79 Å². The molecule has 3 heteroatoms. The van der Waals surface area contributed by atoms with Crippen LogP contribution in [0, 0.1) is 6.92 Å². The molecule has 0 N–H and O–H groups in total. The Morgan fingerprint density at radius 3 is 2.92 bits per heavy atom. The van der Waals surface area contributed by atoms with E-state index in [9.17, 15) is 4.79 Å². The van der Waals surface area contributed by atoms with Gasteiger partial charge in [-0.25, -0.2) is 0 Å². The summed E-state index contributed by atoms with van der Waals surface area (Å²) in [7, 11) is 0. The SMILES string of the molecule is Cc1ccc(OCC=O)cc1Cl. The van der Waals surface area contributed by atoms with Crippen LogP contribution in [0.4, 0.5) is 0 Å². The van der Waals surface area contributed by atoms with Crippen molar-refractivity contribution in [2.24, 2.45) is 0 Å². The average Bonchev–Trinajstić information content (AvgIpc) is 2.07. The molecule has 0 aliphatic rings. The van der Waals surface area contributed by atoms with Crippen molar-refractivity contribution in [3.8, 4) is 5.75 Å². The van der Waals surface area contributed by atoms with Crippen molar-refractivity contribution in [2.75, 3.05) is 6.61 Å². The molecule has 1 rings (SSSR count). The second-order valence-electron chi connectivity index (χ2n) is 2.39. The molecule has 0 aliphatic heterocycles. The summed E-state index contributed by atoms with van der Waals surface area (Å²) in [6, 6.07) is 5.33. The summed E-state index contributed by atoms with van der Waals surface area (Å²) in [6.07, 6.45) is 0.702. The lowest BCUT2D eigenvalue weighted by Gasteiger charge is -2.03. The fourth-order valence-corrected chi connectivity index (χ4v) is 0.964. The quantitative estimate of drug-likeness (QED) is 0.674. The molecule has 0 amide bonds. The Balaban J connectivity index is 2.75. The Labute approximate surface area is 76.1 Å². The zero-order valence-corrected chi connectivity index (χ0v) is 7.47. The van der Waals surface area contributed by atoms with E-state index in [4.69, 9.17) is 16.3 Å². The van der Waals surface area contributed by atoms with E-state index in [2.05, 4.69) is 0 Å². The van der Waals surface area contributed by atoms with E-state index in [1.807, 2.05) is 13.0 Å². The van der Waals surface area contributed by atoms with Gasteiger partial charge >= 0.3 is 0 Å². The van der Waals surface area contributed by atoms with Crippen LogP contribution in [0.25, 0.3) is 0 Å². The number of carbonyl (C=O) groups excluding carboxylic acids is 1. The fraction of sp³-hybridized carbons (Fsp3) is 0.222. The van der Waals surface area contributed by atoms with Gasteiger partial charge in [0.1, 0.15) is 12.4 Å². The van der Waals surface area contributed by atoms with E-state index in [-0.39, 0.29) is 6.61 Å². The van der Waals surface area contributed by atoms with E-state index in [0.29, 0.717) is 17.1 Å². The van der Waals surface area contributed by atoms with Crippen LogP contribution in [0.5, 0.6) is 5.75 Å². The maximum atomic E-state index is 9.97. The number of aldehydes is 1. The van der Waals surface area contributed by atoms with Crippen molar-refractivity contribution < 1.29 is 9.53 Å². The minimum absolute atomic E-state index is 0.0688. The van der Waals surface area contributed by atoms with Gasteiger partial charge in [0.2, 0.25) is 0 Å². The van der Waals surface area contributed by atoms with Crippen LogP contribution < -0.4 is 4.74 Å². The van der Waals surface area contributed by atoms with Gasteiger partial charge in [-0.1, -0.05) is 17.7 Å². The molecule has 0 unspecified atom stereocenters. The normalized spacial score (nSPS) is 9.50. The number of rotatable bonds is 3. The Morgan fingerprint density at radius 1 is 1.58 bits per heavy atom. The number of halogens is 1. The summed E-state index contributed by atoms with van der Waals surface area (Å²) < 4.78 is 5.04. The standard InChI is InChI=1S/C9H9ClO2/c1-7-2-3-8(6-9(7)10)12-5-4-11/h2-4,6H,5H2,1H3. The third kappa shape index (κ3) is 2.24. The number of aryl methyl sites for hydroxylation is 1. The molecular formula is C9H9ClO2. The van der Waals surface area contributed by atoms with Crippen LogP contribution in [0.3, 0.4) is 0 Å². The third-order valence-electron chi connectivity index (χ3n) is 1.46. The number of benzene rings is 1. The van der Waals surface area contributed by atoms with Crippen molar-refractivity contribution in [3.05, 3.63) is 28.8 Å². The molecule has 1 aromatic rings. The molecule has 0 fully saturated rings. The summed E-state index contributed by atoms with van der Waals surface area (Å²) in [6.45, 7) is 1.98. The average molecular weight is 185 g/mol. The topological polar surface area (TPSA) is 26.3 Å². The van der Waals surface area contributed by atoms with E-state index >= 15 is 0 Å². The van der Waals surface area contributed by atoms with Crippen LogP contribution >= 0.6 is 11.6 Å². The van der Waals surface area contributed by atoms with Gasteiger partial charge in [-0.2, -0.15) is 0 Å². The molecule has 64 valence electrons. The fourth-order valence-electron chi connectivity index (χ4n) is 0.794. The molecule has 0 atom stereocenters. The zero-order valence-electron chi connectivity index (χ0n) is 6.71. The number of hydrogen-bond donors (Lipinski definition) is 0. The van der Waals surface area contributed by atoms with Crippen LogP contribution in [0.15, 0.2) is 18.2 Å². The Hall–Kier alpha value is -1.02. The third-order valence-corrected chi connectivity index (χ3v) is 1.87. The molecule has 0 spiro atoms. The molecule has 0 radical (unpaired) electrons. The molecular weight excluding hydrogens is 176 g/mol. The summed E-state index contributed by atoms with van der Waals surface area (Å²) in [4.78, 5) is 9.97. The molecule has 12 heavy (non-hydrogen) atoms. The molecule has 0 saturated heterocycles. The van der Waals surface area contributed by atoms with Gasteiger partial charge in [0.15, 0.2) is 6.29 Å². The van der Waals surface area contributed by atoms with Gasteiger partial charge in [0.25, 0.3) is 0 Å². The van der Waals surface area contributed by atoms with Crippen molar-refractivity contribution in [3.63, 3.8) is 0 Å². The summed E-state index contributed by atoms with van der Waals surface area (Å²) in [5, 5.41) is 0.651. The lowest BCUT2D eigenvalue weighted by atomic mass is 10.2. The second-order valence-corrected chi connectivity index (χ2v) is 2.80. The molecule has 0 heterocycles. The van der Waals surface area contributed by atoms with Gasteiger partial charge in [0, 0.05) is 5.02 Å². The summed E-state index contributed by atoms with van der Waals surface area (Å²) in [5.74, 6) is 0.623. The van der Waals surface area contributed by atoms with Crippen molar-refractivity contribution in [2.45, 2.75) is 6.92 Å². The summed E-state index contributed by atoms with van der Waals surface area (Å²) >= 11 is 5.82. The maximum Gasteiger partial charge on any atom is 0.157 e. The highest BCUT2D eigenvalue weighted by molar-refractivity contribution is 6.31. The predicted octanol–water partition coefficient (Wildman–Crippen LogP) is 2.23. The van der Waals surface area contributed by atoms with Gasteiger partial charge < -0.3 is 4.74 Å². The minimum Gasteiger partial charge on any atom is -0.486 e. The smallest absolute Gasteiger partial charge is 0.157 e. The largest absolute Gasteiger partial charge is 0.486 e. The van der Waals surface area contributed by atoms with Crippen molar-refractivity contribution >= 4 is 17.9 Å². The summed E-state index contributed by atoms with van der Waals surface area (Å²) in [5.41, 5.74) is 0.995. The Bertz CT molecular complexity index is 284. The lowest BCUT2D eigenvalue weighted by molar-refractivity contribution is -0.109. The first-order valence-electron chi connectivity index (χ1n) is 3.56. The monoisotopic (exact) mass is 184 g/mol. The van der Waals surface area contributed by atoms with Crippen LogP contribution in [-0.2, 0) is 4.79 Å². The van der Waals surface area contributed by atoms with Crippen LogP contribution in [0.2, 0.25) is 5.02 Å². The first-order chi connectivity index (χ1) is 5.74. The molecule has 0 aromatic heterocycles. The van der Waals surface area contributed by atoms with Gasteiger partial charge in [0.05, 0.1) is 0 Å². The van der Waals surface area contributed by atoms with Crippen LogP contribution in [0.1, 0.15) is 5.56 Å². The van der Waals surface area contributed by atoms with Gasteiger partial charge in [-0.05, 0) is 24.6 Å². The van der Waals surface area contributed by atoms with Crippen molar-refractivity contribution in [1.29, 1.82) is 0 Å². The van der Waals surface area contributed by atoms with Crippen LogP contribution in [-0.4, -0.2) is 12.9 Å². The lowest BCUT2D eigenvalue weighted by Crippen LogP contribution is -1.97. The molecule has 0 aliphatic carbocycles. The first kappa shape index (κ1) is 9.07. The Morgan fingerprint density at radius 2 is 2.33 bits per heavy atom. The van der Waals surface area contributed by atoms with E-state index in [1.165, 1.54) is 0 Å².